The third-order valence-corrected chi connectivity index (χ3v) is 3.56. The van der Waals surface area contributed by atoms with Gasteiger partial charge in [-0.2, -0.15) is 4.68 Å². The van der Waals surface area contributed by atoms with Gasteiger partial charge in [0.2, 0.25) is 0 Å². The third kappa shape index (κ3) is 2.00. The van der Waals surface area contributed by atoms with Crippen molar-refractivity contribution in [2.45, 2.75) is 12.8 Å². The Labute approximate surface area is 107 Å². The van der Waals surface area contributed by atoms with Crippen LogP contribution in [0.4, 0.5) is 0 Å². The van der Waals surface area contributed by atoms with Crippen molar-refractivity contribution in [2.24, 2.45) is 0 Å². The van der Waals surface area contributed by atoms with E-state index < -0.39 is 0 Å². The van der Waals surface area contributed by atoms with E-state index in [-0.39, 0.29) is 5.91 Å². The first-order valence-electron chi connectivity index (χ1n) is 5.62. The molecule has 8 heteroatoms. The first-order chi connectivity index (χ1) is 8.86. The highest BCUT2D eigenvalue weighted by Crippen LogP contribution is 2.23. The number of amides is 1. The van der Waals surface area contributed by atoms with Crippen molar-refractivity contribution < 1.29 is 9.63 Å². The molecule has 0 unspecified atom stereocenters. The highest BCUT2D eigenvalue weighted by atomic mass is 32.1. The van der Waals surface area contributed by atoms with Gasteiger partial charge in [0, 0.05) is 6.54 Å². The number of thiophene rings is 1. The van der Waals surface area contributed by atoms with E-state index in [4.69, 9.17) is 4.84 Å². The molecule has 0 bridgehead atoms. The number of hydrogen-bond donors (Lipinski definition) is 0. The molecular formula is C10H11N5O2S. The van der Waals surface area contributed by atoms with Crippen LogP contribution in [0, 0.1) is 0 Å². The molecular weight excluding hydrogens is 254 g/mol. The Balaban J connectivity index is 1.88. The van der Waals surface area contributed by atoms with Crippen molar-refractivity contribution in [3.05, 3.63) is 22.7 Å². The fourth-order valence-electron chi connectivity index (χ4n) is 1.78. The van der Waals surface area contributed by atoms with Crippen LogP contribution < -0.4 is 0 Å². The standard InChI is InChI=1S/C10H11N5O2S/c16-10(15-4-1-2-5-17-15)9-8(3-6-18-9)14-7-11-12-13-14/h3,6-7H,1-2,4-5H2. The van der Waals surface area contributed by atoms with Gasteiger partial charge >= 0.3 is 0 Å². The van der Waals surface area contributed by atoms with Crippen molar-refractivity contribution >= 4 is 17.2 Å². The van der Waals surface area contributed by atoms with Gasteiger partial charge in [0.05, 0.1) is 12.3 Å². The zero-order chi connectivity index (χ0) is 12.4. The van der Waals surface area contributed by atoms with Crippen molar-refractivity contribution in [1.82, 2.24) is 25.3 Å². The maximum absolute atomic E-state index is 12.3. The van der Waals surface area contributed by atoms with Crippen LogP contribution in [-0.2, 0) is 4.84 Å². The van der Waals surface area contributed by atoms with Gasteiger partial charge < -0.3 is 0 Å². The number of hydrogen-bond acceptors (Lipinski definition) is 6. The number of nitrogens with zero attached hydrogens (tertiary/aromatic N) is 5. The second-order valence-electron chi connectivity index (χ2n) is 3.84. The molecule has 1 aliphatic heterocycles. The summed E-state index contributed by atoms with van der Waals surface area (Å²) in [5.74, 6) is -0.129. The summed E-state index contributed by atoms with van der Waals surface area (Å²) in [5, 5.41) is 14.2. The van der Waals surface area contributed by atoms with Gasteiger partial charge in [-0.25, -0.2) is 5.06 Å². The van der Waals surface area contributed by atoms with Gasteiger partial charge in [-0.1, -0.05) is 0 Å². The molecule has 2 aromatic heterocycles. The van der Waals surface area contributed by atoms with Gasteiger partial charge in [0.1, 0.15) is 11.2 Å². The van der Waals surface area contributed by atoms with E-state index in [1.165, 1.54) is 27.4 Å². The molecule has 0 spiro atoms. The van der Waals surface area contributed by atoms with Crippen LogP contribution >= 0.6 is 11.3 Å². The highest BCUT2D eigenvalue weighted by Gasteiger charge is 2.24. The SMILES string of the molecule is O=C(c1sccc1-n1cnnn1)N1CCCCO1. The Morgan fingerprint density at radius 3 is 3.11 bits per heavy atom. The molecule has 0 radical (unpaired) electrons. The van der Waals surface area contributed by atoms with E-state index in [2.05, 4.69) is 15.5 Å². The Hall–Kier alpha value is -1.80. The van der Waals surface area contributed by atoms with Crippen molar-refractivity contribution in [2.75, 3.05) is 13.2 Å². The predicted octanol–water partition coefficient (Wildman–Crippen LogP) is 0.891. The van der Waals surface area contributed by atoms with E-state index in [0.29, 0.717) is 23.7 Å². The summed E-state index contributed by atoms with van der Waals surface area (Å²) in [7, 11) is 0. The van der Waals surface area contributed by atoms with E-state index in [0.717, 1.165) is 12.8 Å². The fourth-order valence-corrected chi connectivity index (χ4v) is 2.60. The average Bonchev–Trinajstić information content (AvgIpc) is 3.09. The molecule has 7 nitrogen and oxygen atoms in total. The minimum absolute atomic E-state index is 0.129. The van der Waals surface area contributed by atoms with Gasteiger partial charge in [0.25, 0.3) is 5.91 Å². The van der Waals surface area contributed by atoms with Gasteiger partial charge in [-0.3, -0.25) is 9.63 Å². The number of tetrazole rings is 1. The monoisotopic (exact) mass is 265 g/mol. The Morgan fingerprint density at radius 1 is 1.44 bits per heavy atom. The molecule has 1 aliphatic rings. The van der Waals surface area contributed by atoms with Gasteiger partial charge in [-0.05, 0) is 34.7 Å². The lowest BCUT2D eigenvalue weighted by atomic mass is 10.3. The summed E-state index contributed by atoms with van der Waals surface area (Å²) in [6.45, 7) is 1.23. The first-order valence-corrected chi connectivity index (χ1v) is 6.50. The molecule has 94 valence electrons. The summed E-state index contributed by atoms with van der Waals surface area (Å²) in [5.41, 5.74) is 0.684. The van der Waals surface area contributed by atoms with Crippen LogP contribution in [-0.4, -0.2) is 44.3 Å². The molecule has 1 fully saturated rings. The maximum Gasteiger partial charge on any atom is 0.289 e. The van der Waals surface area contributed by atoms with Gasteiger partial charge in [-0.15, -0.1) is 16.4 Å². The lowest BCUT2D eigenvalue weighted by molar-refractivity contribution is -0.143. The smallest absolute Gasteiger partial charge is 0.271 e. The number of carbonyl (C=O) groups excluding carboxylic acids is 1. The zero-order valence-electron chi connectivity index (χ0n) is 9.52. The van der Waals surface area contributed by atoms with E-state index >= 15 is 0 Å². The number of carbonyl (C=O) groups is 1. The quantitative estimate of drug-likeness (QED) is 0.806. The molecule has 0 saturated carbocycles. The largest absolute Gasteiger partial charge is 0.289 e. The fraction of sp³-hybridized carbons (Fsp3) is 0.400. The van der Waals surface area contributed by atoms with Crippen LogP contribution in [0.5, 0.6) is 0 Å². The number of rotatable bonds is 2. The highest BCUT2D eigenvalue weighted by molar-refractivity contribution is 7.12. The van der Waals surface area contributed by atoms with Crippen molar-refractivity contribution in [3.8, 4) is 5.69 Å². The predicted molar refractivity (Wildman–Crippen MR) is 63.3 cm³/mol. The summed E-state index contributed by atoms with van der Waals surface area (Å²) >= 11 is 1.36. The molecule has 2 aromatic rings. The molecule has 0 aliphatic carbocycles. The molecule has 1 saturated heterocycles. The van der Waals surface area contributed by atoms with Crippen LogP contribution in [0.2, 0.25) is 0 Å². The van der Waals surface area contributed by atoms with Crippen molar-refractivity contribution in [1.29, 1.82) is 0 Å². The van der Waals surface area contributed by atoms with E-state index in [9.17, 15) is 4.79 Å². The average molecular weight is 265 g/mol. The van der Waals surface area contributed by atoms with Crippen LogP contribution in [0.15, 0.2) is 17.8 Å². The molecule has 3 rings (SSSR count). The molecule has 3 heterocycles. The Morgan fingerprint density at radius 2 is 2.39 bits per heavy atom. The second-order valence-corrected chi connectivity index (χ2v) is 4.75. The lowest BCUT2D eigenvalue weighted by Gasteiger charge is -2.25. The zero-order valence-corrected chi connectivity index (χ0v) is 10.3. The summed E-state index contributed by atoms with van der Waals surface area (Å²) < 4.78 is 1.48. The summed E-state index contributed by atoms with van der Waals surface area (Å²) in [6, 6.07) is 1.82. The van der Waals surface area contributed by atoms with Gasteiger partial charge in [0.15, 0.2) is 0 Å². The Bertz CT molecular complexity index is 532. The summed E-state index contributed by atoms with van der Waals surface area (Å²) in [4.78, 5) is 18.3. The van der Waals surface area contributed by atoms with Crippen molar-refractivity contribution in [3.63, 3.8) is 0 Å². The molecule has 0 aromatic carbocycles. The normalized spacial score (nSPS) is 15.9. The maximum atomic E-state index is 12.3. The van der Waals surface area contributed by atoms with Crippen LogP contribution in [0.1, 0.15) is 22.5 Å². The minimum atomic E-state index is -0.129. The molecule has 0 N–H and O–H groups in total. The van der Waals surface area contributed by atoms with Crippen LogP contribution in [0.3, 0.4) is 0 Å². The number of aromatic nitrogens is 4. The Kier molecular flexibility index (Phi) is 3.03. The lowest BCUT2D eigenvalue weighted by Crippen LogP contribution is -2.35. The third-order valence-electron chi connectivity index (χ3n) is 2.66. The molecule has 0 atom stereocenters. The molecule has 18 heavy (non-hydrogen) atoms. The first kappa shape index (κ1) is 11.3. The topological polar surface area (TPSA) is 73.1 Å². The minimum Gasteiger partial charge on any atom is -0.271 e. The number of hydroxylamine groups is 2. The van der Waals surface area contributed by atoms with E-state index in [1.807, 2.05) is 11.4 Å². The van der Waals surface area contributed by atoms with E-state index in [1.54, 1.807) is 0 Å². The molecule has 1 amide bonds. The second kappa shape index (κ2) is 4.83. The van der Waals surface area contributed by atoms with Crippen LogP contribution in [0.25, 0.3) is 5.69 Å². The summed E-state index contributed by atoms with van der Waals surface area (Å²) in [6.07, 6.45) is 3.43.